The Morgan fingerprint density at radius 1 is 0.966 bits per heavy atom. The van der Waals surface area contributed by atoms with Crippen LogP contribution in [0.4, 0.5) is 0 Å². The van der Waals surface area contributed by atoms with Gasteiger partial charge in [-0.15, -0.1) is 0 Å². The molecule has 0 atom stereocenters. The number of H-pyrrole nitrogens is 1. The smallest absolute Gasteiger partial charge is 0.355 e. The first-order chi connectivity index (χ1) is 13.5. The number of esters is 4. The molecule has 162 valence electrons. The summed E-state index contributed by atoms with van der Waals surface area (Å²) in [6, 6.07) is 0. The van der Waals surface area contributed by atoms with Gasteiger partial charge >= 0.3 is 23.9 Å². The Labute approximate surface area is 192 Å². The molecule has 12 heteroatoms. The highest BCUT2D eigenvalue weighted by molar-refractivity contribution is 9.39. The van der Waals surface area contributed by atoms with E-state index in [9.17, 15) is 19.2 Å². The second kappa shape index (κ2) is 11.7. The Balaban J connectivity index is 3.34. The zero-order valence-electron chi connectivity index (χ0n) is 15.9. The fraction of sp³-hybridized carbons (Fsp3) is 0.529. The minimum atomic E-state index is -0.813. The maximum Gasteiger partial charge on any atom is 0.355 e. The third-order valence-corrected chi connectivity index (χ3v) is 4.34. The molecule has 0 fully saturated rings. The molecule has 29 heavy (non-hydrogen) atoms. The predicted octanol–water partition coefficient (Wildman–Crippen LogP) is 2.89. The Hall–Kier alpha value is -1.40. The van der Waals surface area contributed by atoms with Gasteiger partial charge in [0.05, 0.1) is 26.3 Å². The van der Waals surface area contributed by atoms with Crippen LogP contribution in [-0.4, -0.2) is 51.8 Å². The summed E-state index contributed by atoms with van der Waals surface area (Å²) in [6.45, 7) is 0.981. The summed E-state index contributed by atoms with van der Waals surface area (Å²) < 4.78 is 18.8. The van der Waals surface area contributed by atoms with Crippen molar-refractivity contribution in [3.8, 4) is 0 Å². The van der Waals surface area contributed by atoms with Crippen LogP contribution in [0, 0.1) is 0 Å². The van der Waals surface area contributed by atoms with Crippen LogP contribution in [0.25, 0.3) is 0 Å². The monoisotopic (exact) mass is 603 g/mol. The summed E-state index contributed by atoms with van der Waals surface area (Å²) in [7, 11) is 2.47. The number of carbonyl (C=O) groups excluding carboxylic acids is 4. The lowest BCUT2D eigenvalue weighted by atomic mass is 10.0. The lowest BCUT2D eigenvalue weighted by Gasteiger charge is -2.12. The van der Waals surface area contributed by atoms with E-state index in [0.29, 0.717) is 16.8 Å². The molecule has 0 saturated heterocycles. The molecule has 0 unspecified atom stereocenters. The molecule has 0 aromatic carbocycles. The van der Waals surface area contributed by atoms with E-state index in [1.807, 2.05) is 0 Å². The highest BCUT2D eigenvalue weighted by Crippen LogP contribution is 2.34. The van der Waals surface area contributed by atoms with E-state index >= 15 is 0 Å². The molecule has 1 aromatic rings. The molecule has 1 rings (SSSR count). The van der Waals surface area contributed by atoms with Crippen molar-refractivity contribution in [2.45, 2.75) is 34.9 Å². The van der Waals surface area contributed by atoms with Gasteiger partial charge in [-0.25, -0.2) is 4.79 Å². The van der Waals surface area contributed by atoms with Crippen LogP contribution in [0.1, 0.15) is 40.7 Å². The number of methoxy groups -OCH3 is 2. The molecule has 1 heterocycles. The largest absolute Gasteiger partial charge is 0.469 e. The molecule has 0 radical (unpaired) electrons. The summed E-state index contributed by atoms with van der Waals surface area (Å²) >= 11 is 9.67. The minimum absolute atomic E-state index is 0.00258. The highest BCUT2D eigenvalue weighted by Gasteiger charge is 2.28. The number of halogens is 3. The molecule has 0 aliphatic rings. The van der Waals surface area contributed by atoms with E-state index in [2.05, 4.69) is 57.5 Å². The lowest BCUT2D eigenvalue weighted by molar-refractivity contribution is -0.143. The zero-order chi connectivity index (χ0) is 22.2. The van der Waals surface area contributed by atoms with Gasteiger partial charge in [-0.05, 0) is 17.5 Å². The Morgan fingerprint density at radius 3 is 2.10 bits per heavy atom. The number of aromatic nitrogens is 1. The van der Waals surface area contributed by atoms with E-state index in [0.717, 1.165) is 0 Å². The number of alkyl halides is 3. The maximum atomic E-state index is 12.6. The standard InChI is InChI=1S/C17H20Br3NO8/c1-9(22)28-7-12-10(4-5-13(23)26-2)11(6-14(24)27-3)15(21-12)16(25)29-8-17(18,19)20/h21H,4-8H2,1-3H3. The highest BCUT2D eigenvalue weighted by atomic mass is 80.0. The van der Waals surface area contributed by atoms with Crippen molar-refractivity contribution in [2.75, 3.05) is 20.8 Å². The summed E-state index contributed by atoms with van der Waals surface area (Å²) in [6.07, 6.45) is -0.0911. The van der Waals surface area contributed by atoms with Crippen LogP contribution >= 0.6 is 47.8 Å². The topological polar surface area (TPSA) is 121 Å². The SMILES string of the molecule is COC(=O)CCc1c(COC(C)=O)[nH]c(C(=O)OCC(Br)(Br)Br)c1CC(=O)OC. The fourth-order valence-corrected chi connectivity index (χ4v) is 2.71. The van der Waals surface area contributed by atoms with E-state index < -0.39 is 26.0 Å². The Kier molecular flexibility index (Phi) is 10.3. The van der Waals surface area contributed by atoms with Gasteiger partial charge < -0.3 is 23.9 Å². The van der Waals surface area contributed by atoms with Crippen LogP contribution in [0.15, 0.2) is 0 Å². The van der Waals surface area contributed by atoms with E-state index in [1.54, 1.807) is 0 Å². The second-order valence-electron chi connectivity index (χ2n) is 5.74. The first kappa shape index (κ1) is 25.6. The number of rotatable bonds is 9. The van der Waals surface area contributed by atoms with Gasteiger partial charge in [0.1, 0.15) is 18.9 Å². The van der Waals surface area contributed by atoms with Gasteiger partial charge in [-0.2, -0.15) is 0 Å². The van der Waals surface area contributed by atoms with E-state index in [1.165, 1.54) is 21.1 Å². The van der Waals surface area contributed by atoms with Gasteiger partial charge in [-0.1, -0.05) is 47.8 Å². The first-order valence-electron chi connectivity index (χ1n) is 8.22. The molecule has 0 saturated carbocycles. The number of hydrogen-bond acceptors (Lipinski definition) is 8. The van der Waals surface area contributed by atoms with Crippen LogP contribution in [0.5, 0.6) is 0 Å². The third-order valence-electron chi connectivity index (χ3n) is 3.65. The molecular formula is C17H20Br3NO8. The number of nitrogens with one attached hydrogen (secondary N) is 1. The molecule has 0 amide bonds. The van der Waals surface area contributed by atoms with Crippen molar-refractivity contribution in [1.82, 2.24) is 4.98 Å². The van der Waals surface area contributed by atoms with Crippen molar-refractivity contribution in [3.05, 3.63) is 22.5 Å². The van der Waals surface area contributed by atoms with Crippen molar-refractivity contribution < 1.29 is 38.1 Å². The zero-order valence-corrected chi connectivity index (χ0v) is 20.7. The quantitative estimate of drug-likeness (QED) is 0.259. The summed E-state index contributed by atoms with van der Waals surface area (Å²) in [5.74, 6) is -2.33. The molecule has 1 aromatic heterocycles. The minimum Gasteiger partial charge on any atom is -0.469 e. The second-order valence-corrected chi connectivity index (χ2v) is 13.0. The molecular weight excluding hydrogens is 586 g/mol. The molecule has 1 N–H and O–H groups in total. The Morgan fingerprint density at radius 2 is 1.59 bits per heavy atom. The number of ether oxygens (including phenoxy) is 4. The average Bonchev–Trinajstić information content (AvgIpc) is 2.98. The van der Waals surface area contributed by atoms with Gasteiger partial charge in [0.2, 0.25) is 0 Å². The van der Waals surface area contributed by atoms with Crippen LogP contribution in [-0.2, 0) is 52.8 Å². The number of carbonyl (C=O) groups is 4. The average molecular weight is 606 g/mol. The number of hydrogen-bond donors (Lipinski definition) is 1. The van der Waals surface area contributed by atoms with Gasteiger partial charge in [0.15, 0.2) is 2.14 Å². The van der Waals surface area contributed by atoms with E-state index in [4.69, 9.17) is 14.2 Å². The lowest BCUT2D eigenvalue weighted by Crippen LogP contribution is -2.18. The Bertz CT molecular complexity index is 769. The number of aromatic amines is 1. The van der Waals surface area contributed by atoms with Crippen LogP contribution in [0.3, 0.4) is 0 Å². The predicted molar refractivity (Wildman–Crippen MR) is 112 cm³/mol. The van der Waals surface area contributed by atoms with Gasteiger partial charge in [-0.3, -0.25) is 14.4 Å². The van der Waals surface area contributed by atoms with Crippen molar-refractivity contribution in [2.24, 2.45) is 0 Å². The van der Waals surface area contributed by atoms with Crippen LogP contribution < -0.4 is 0 Å². The van der Waals surface area contributed by atoms with Gasteiger partial charge in [0.25, 0.3) is 0 Å². The van der Waals surface area contributed by atoms with Gasteiger partial charge in [0, 0.05) is 13.3 Å². The molecule has 0 spiro atoms. The normalized spacial score (nSPS) is 11.0. The molecule has 0 aliphatic heterocycles. The van der Waals surface area contributed by atoms with Crippen molar-refractivity contribution >= 4 is 71.7 Å². The summed E-state index contributed by atoms with van der Waals surface area (Å²) in [4.78, 5) is 50.2. The maximum absolute atomic E-state index is 12.6. The fourth-order valence-electron chi connectivity index (χ4n) is 2.37. The summed E-state index contributed by atoms with van der Waals surface area (Å²) in [5, 5.41) is 0. The van der Waals surface area contributed by atoms with E-state index in [-0.39, 0.29) is 38.2 Å². The van der Waals surface area contributed by atoms with Crippen molar-refractivity contribution in [1.29, 1.82) is 0 Å². The molecule has 0 aliphatic carbocycles. The molecule has 9 nitrogen and oxygen atoms in total. The first-order valence-corrected chi connectivity index (χ1v) is 10.6. The van der Waals surface area contributed by atoms with Crippen LogP contribution in [0.2, 0.25) is 0 Å². The van der Waals surface area contributed by atoms with Crippen molar-refractivity contribution in [3.63, 3.8) is 0 Å². The third kappa shape index (κ3) is 8.87. The molecule has 0 bridgehead atoms. The summed E-state index contributed by atoms with van der Waals surface area (Å²) in [5.41, 5.74) is 1.17.